The van der Waals surface area contributed by atoms with Crippen LogP contribution in [0.25, 0.3) is 31.9 Å². The molecule has 0 saturated heterocycles. The highest BCUT2D eigenvalue weighted by molar-refractivity contribution is 7.86. The summed E-state index contributed by atoms with van der Waals surface area (Å²) in [6.07, 6.45) is -2.18. The van der Waals surface area contributed by atoms with Crippen molar-refractivity contribution in [3.05, 3.63) is 90.1 Å². The third kappa shape index (κ3) is 9.66. The van der Waals surface area contributed by atoms with Crippen molar-refractivity contribution in [1.29, 1.82) is 0 Å². The minimum Gasteiger partial charge on any atom is -0.443 e. The average molecular weight is 755 g/mol. The molecule has 0 atom stereocenters. The number of anilines is 2. The summed E-state index contributed by atoms with van der Waals surface area (Å²) in [4.78, 5) is 25.6. The fraction of sp³-hybridized carbons (Fsp3) is 0.342. The SMILES string of the molecule is Cc1ccc(S(=O)(=O)OCCCCCN(C(=O)OC(C)(C)C)c2ccc3nc(-c4ccc(-c5ccc(N(C)C)nc5)cc4C(F)(F)F)sc3c2)cc1. The van der Waals surface area contributed by atoms with Crippen LogP contribution in [0.3, 0.4) is 0 Å². The van der Waals surface area contributed by atoms with E-state index in [0.29, 0.717) is 52.1 Å². The fourth-order valence-electron chi connectivity index (χ4n) is 5.30. The van der Waals surface area contributed by atoms with Gasteiger partial charge < -0.3 is 9.64 Å². The molecule has 0 aliphatic rings. The van der Waals surface area contributed by atoms with E-state index < -0.39 is 33.6 Å². The van der Waals surface area contributed by atoms with Crippen LogP contribution in [0.4, 0.5) is 29.5 Å². The van der Waals surface area contributed by atoms with Crippen LogP contribution in [-0.2, 0) is 25.2 Å². The van der Waals surface area contributed by atoms with Gasteiger partial charge in [0.15, 0.2) is 0 Å². The van der Waals surface area contributed by atoms with E-state index in [1.54, 1.807) is 80.4 Å². The van der Waals surface area contributed by atoms with Gasteiger partial charge in [-0.3, -0.25) is 9.08 Å². The number of unbranched alkanes of at least 4 members (excludes halogenated alkanes) is 2. The Morgan fingerprint density at radius 2 is 1.60 bits per heavy atom. The number of alkyl halides is 3. The van der Waals surface area contributed by atoms with Crippen molar-refractivity contribution < 1.29 is 35.3 Å². The Morgan fingerprint density at radius 3 is 2.23 bits per heavy atom. The second-order valence-corrected chi connectivity index (χ2v) is 16.2. The number of halogens is 3. The zero-order valence-corrected chi connectivity index (χ0v) is 31.5. The lowest BCUT2D eigenvalue weighted by molar-refractivity contribution is -0.137. The van der Waals surface area contributed by atoms with Crippen LogP contribution >= 0.6 is 11.3 Å². The molecule has 0 N–H and O–H groups in total. The van der Waals surface area contributed by atoms with Gasteiger partial charge in [0.25, 0.3) is 10.1 Å². The van der Waals surface area contributed by atoms with Crippen molar-refractivity contribution in [2.75, 3.05) is 37.0 Å². The number of ether oxygens (including phenoxy) is 1. The Bertz CT molecular complexity index is 2130. The van der Waals surface area contributed by atoms with Crippen molar-refractivity contribution in [3.63, 3.8) is 0 Å². The number of thiazole rings is 1. The molecule has 0 bridgehead atoms. The molecule has 14 heteroatoms. The monoisotopic (exact) mass is 754 g/mol. The van der Waals surface area contributed by atoms with E-state index in [4.69, 9.17) is 8.92 Å². The number of benzene rings is 3. The zero-order valence-electron chi connectivity index (χ0n) is 29.8. The maximum atomic E-state index is 14.5. The maximum Gasteiger partial charge on any atom is 0.417 e. The van der Waals surface area contributed by atoms with E-state index in [2.05, 4.69) is 9.97 Å². The van der Waals surface area contributed by atoms with Crippen molar-refractivity contribution in [3.8, 4) is 21.7 Å². The summed E-state index contributed by atoms with van der Waals surface area (Å²) in [5.74, 6) is 0.687. The molecule has 9 nitrogen and oxygen atoms in total. The third-order valence-electron chi connectivity index (χ3n) is 7.97. The molecule has 1 amide bonds. The smallest absolute Gasteiger partial charge is 0.417 e. The van der Waals surface area contributed by atoms with E-state index in [9.17, 15) is 26.4 Å². The fourth-order valence-corrected chi connectivity index (χ4v) is 7.28. The molecule has 0 radical (unpaired) electrons. The number of aryl methyl sites for hydroxylation is 1. The van der Waals surface area contributed by atoms with Crippen LogP contribution in [0.2, 0.25) is 0 Å². The lowest BCUT2D eigenvalue weighted by Gasteiger charge is -2.27. The normalized spacial score (nSPS) is 12.2. The molecule has 5 rings (SSSR count). The van der Waals surface area contributed by atoms with Gasteiger partial charge in [-0.05, 0) is 101 Å². The summed E-state index contributed by atoms with van der Waals surface area (Å²) < 4.78 is 79.8. The first-order valence-electron chi connectivity index (χ1n) is 16.6. The van der Waals surface area contributed by atoms with Gasteiger partial charge in [-0.15, -0.1) is 11.3 Å². The molecular weight excluding hydrogens is 714 g/mol. The summed E-state index contributed by atoms with van der Waals surface area (Å²) >= 11 is 1.10. The number of aromatic nitrogens is 2. The topological polar surface area (TPSA) is 102 Å². The third-order valence-corrected chi connectivity index (χ3v) is 10.3. The number of pyridine rings is 1. The first-order chi connectivity index (χ1) is 24.4. The van der Waals surface area contributed by atoms with Gasteiger partial charge in [-0.25, -0.2) is 14.8 Å². The van der Waals surface area contributed by atoms with Gasteiger partial charge in [0.05, 0.1) is 27.3 Å². The first-order valence-corrected chi connectivity index (χ1v) is 18.9. The molecule has 0 aliphatic heterocycles. The Balaban J connectivity index is 1.34. The molecule has 52 heavy (non-hydrogen) atoms. The maximum absolute atomic E-state index is 14.5. The van der Waals surface area contributed by atoms with Crippen LogP contribution in [0.5, 0.6) is 0 Å². The predicted octanol–water partition coefficient (Wildman–Crippen LogP) is 9.74. The lowest BCUT2D eigenvalue weighted by atomic mass is 10.00. The highest BCUT2D eigenvalue weighted by Gasteiger charge is 2.35. The van der Waals surface area contributed by atoms with Gasteiger partial charge in [0, 0.05) is 43.7 Å². The number of hydrogen-bond donors (Lipinski definition) is 0. The predicted molar refractivity (Wildman–Crippen MR) is 199 cm³/mol. The summed E-state index contributed by atoms with van der Waals surface area (Å²) in [5.41, 5.74) is 1.21. The molecule has 0 fully saturated rings. The molecule has 276 valence electrons. The van der Waals surface area contributed by atoms with Gasteiger partial charge in [-0.2, -0.15) is 21.6 Å². The Kier molecular flexibility index (Phi) is 11.6. The lowest BCUT2D eigenvalue weighted by Crippen LogP contribution is -2.37. The minimum atomic E-state index is -4.64. The number of fused-ring (bicyclic) bond motifs is 1. The Labute approximate surface area is 306 Å². The largest absolute Gasteiger partial charge is 0.443 e. The second kappa shape index (κ2) is 15.6. The molecule has 2 heterocycles. The number of carbonyl (C=O) groups excluding carboxylic acids is 1. The number of carbonyl (C=O) groups is 1. The van der Waals surface area contributed by atoms with Crippen molar-refractivity contribution >= 4 is 49.3 Å². The standard InChI is InChI=1S/C38H41F3N4O5S2/c1-25-10-15-29(16-11-25)52(47,48)49-21-9-7-8-20-45(36(46)50-37(2,3)4)28-14-18-32-33(23-28)51-35(43-32)30-17-12-26(22-31(30)38(39,40)41)27-13-19-34(42-24-27)44(5)6/h10-19,22-24H,7-9,20-21H2,1-6H3. The van der Waals surface area contributed by atoms with Gasteiger partial charge in [0.2, 0.25) is 0 Å². The van der Waals surface area contributed by atoms with Crippen LogP contribution in [-0.4, -0.2) is 57.3 Å². The quantitative estimate of drug-likeness (QED) is 0.0917. The second-order valence-electron chi connectivity index (χ2n) is 13.5. The van der Waals surface area contributed by atoms with Gasteiger partial charge in [-0.1, -0.05) is 29.8 Å². The average Bonchev–Trinajstić information content (AvgIpc) is 3.50. The number of amides is 1. The minimum absolute atomic E-state index is 0.0151. The summed E-state index contributed by atoms with van der Waals surface area (Å²) in [6.45, 7) is 7.37. The van der Waals surface area contributed by atoms with Crippen LogP contribution in [0.15, 0.2) is 83.9 Å². The zero-order chi connectivity index (χ0) is 37.8. The van der Waals surface area contributed by atoms with E-state index in [-0.39, 0.29) is 28.6 Å². The highest BCUT2D eigenvalue weighted by Crippen LogP contribution is 2.42. The molecule has 3 aromatic carbocycles. The van der Waals surface area contributed by atoms with E-state index in [1.807, 2.05) is 21.0 Å². The molecule has 0 saturated carbocycles. The van der Waals surface area contributed by atoms with Crippen LogP contribution in [0.1, 0.15) is 51.2 Å². The number of rotatable bonds is 12. The Morgan fingerprint density at radius 1 is 0.885 bits per heavy atom. The molecule has 0 unspecified atom stereocenters. The molecule has 2 aromatic heterocycles. The Hall–Kier alpha value is -4.53. The van der Waals surface area contributed by atoms with E-state index >= 15 is 0 Å². The molecule has 0 aliphatic carbocycles. The molecular formula is C38H41F3N4O5S2. The van der Waals surface area contributed by atoms with Gasteiger partial charge in [0.1, 0.15) is 16.4 Å². The van der Waals surface area contributed by atoms with Crippen molar-refractivity contribution in [1.82, 2.24) is 9.97 Å². The number of nitrogens with zero attached hydrogens (tertiary/aromatic N) is 4. The van der Waals surface area contributed by atoms with Gasteiger partial charge >= 0.3 is 12.3 Å². The highest BCUT2D eigenvalue weighted by atomic mass is 32.2. The molecule has 0 spiro atoms. The van der Waals surface area contributed by atoms with Crippen LogP contribution < -0.4 is 9.80 Å². The molecule has 5 aromatic rings. The van der Waals surface area contributed by atoms with E-state index in [1.165, 1.54) is 23.1 Å². The van der Waals surface area contributed by atoms with Crippen molar-refractivity contribution in [2.24, 2.45) is 0 Å². The first kappa shape index (κ1) is 38.7. The summed E-state index contributed by atoms with van der Waals surface area (Å²) in [6, 6.07) is 19.1. The summed E-state index contributed by atoms with van der Waals surface area (Å²) in [5, 5.41) is 0.191. The number of hydrogen-bond acceptors (Lipinski definition) is 9. The van der Waals surface area contributed by atoms with Crippen LogP contribution in [0, 0.1) is 6.92 Å². The summed E-state index contributed by atoms with van der Waals surface area (Å²) in [7, 11) is -0.218. The van der Waals surface area contributed by atoms with Crippen molar-refractivity contribution in [2.45, 2.75) is 63.6 Å². The van der Waals surface area contributed by atoms with E-state index in [0.717, 1.165) is 23.0 Å².